The number of aliphatic hydroxyl groups excluding tert-OH is 2. The van der Waals surface area contributed by atoms with Crippen molar-refractivity contribution in [1.82, 2.24) is 5.32 Å². The van der Waals surface area contributed by atoms with Crippen LogP contribution in [0.15, 0.2) is 0 Å². The van der Waals surface area contributed by atoms with Gasteiger partial charge in [0.2, 0.25) is 5.91 Å². The number of rotatable bonds is 53. The first kappa shape index (κ1) is 61.9. The van der Waals surface area contributed by atoms with Crippen LogP contribution in [0.2, 0.25) is 0 Å². The Balaban J connectivity index is 4.50. The Morgan fingerprint density at radius 3 is 0.968 bits per heavy atom. The van der Waals surface area contributed by atoms with E-state index in [4.69, 9.17) is 4.74 Å². The maximum Gasteiger partial charge on any atom is 0.306 e. The lowest BCUT2D eigenvalue weighted by atomic mass is 10.0. The van der Waals surface area contributed by atoms with Crippen molar-refractivity contribution in [3.8, 4) is 0 Å². The molecule has 6 heteroatoms. The fraction of sp³-hybridized carbons (Fsp3) is 0.965. The Labute approximate surface area is 394 Å². The van der Waals surface area contributed by atoms with Crippen LogP contribution >= 0.6 is 0 Å². The summed E-state index contributed by atoms with van der Waals surface area (Å²) in [6, 6.07) is -0.693. The second-order valence-electron chi connectivity index (χ2n) is 20.1. The maximum absolute atomic E-state index is 13.3. The Bertz CT molecular complexity index is 913. The number of esters is 1. The summed E-state index contributed by atoms with van der Waals surface area (Å²) in [4.78, 5) is 26.2. The molecule has 0 aliphatic heterocycles. The van der Waals surface area contributed by atoms with Crippen LogP contribution in [-0.4, -0.2) is 46.9 Å². The molecule has 0 bridgehead atoms. The first-order valence-corrected chi connectivity index (χ1v) is 28.8. The van der Waals surface area contributed by atoms with E-state index in [0.29, 0.717) is 19.3 Å². The van der Waals surface area contributed by atoms with Crippen LogP contribution in [0.3, 0.4) is 0 Å². The smallest absolute Gasteiger partial charge is 0.306 e. The molecule has 0 aliphatic carbocycles. The maximum atomic E-state index is 13.3. The van der Waals surface area contributed by atoms with E-state index in [0.717, 1.165) is 38.5 Å². The number of amides is 1. The molecule has 0 aromatic carbocycles. The van der Waals surface area contributed by atoms with Gasteiger partial charge in [-0.1, -0.05) is 290 Å². The summed E-state index contributed by atoms with van der Waals surface area (Å²) >= 11 is 0. The second kappa shape index (κ2) is 51.8. The Kier molecular flexibility index (Phi) is 50.9. The summed E-state index contributed by atoms with van der Waals surface area (Å²) in [5.74, 6) is -0.445. The molecule has 376 valence electrons. The van der Waals surface area contributed by atoms with Crippen molar-refractivity contribution in [2.75, 3.05) is 6.61 Å². The molecule has 0 spiro atoms. The number of carbonyl (C=O) groups excluding carboxylic acids is 2. The van der Waals surface area contributed by atoms with Crippen LogP contribution in [0.25, 0.3) is 0 Å². The predicted molar refractivity (Wildman–Crippen MR) is 274 cm³/mol. The Morgan fingerprint density at radius 1 is 0.397 bits per heavy atom. The molecule has 0 saturated heterocycles. The summed E-state index contributed by atoms with van der Waals surface area (Å²) in [6.45, 7) is 6.53. The average molecular weight is 893 g/mol. The highest BCUT2D eigenvalue weighted by atomic mass is 16.5. The molecule has 0 aromatic rings. The Hall–Kier alpha value is -1.14. The molecule has 0 rings (SSSR count). The minimum Gasteiger partial charge on any atom is -0.462 e. The van der Waals surface area contributed by atoms with Gasteiger partial charge in [-0.25, -0.2) is 0 Å². The summed E-state index contributed by atoms with van der Waals surface area (Å²) in [6.07, 6.45) is 57.4. The quantitative estimate of drug-likeness (QED) is 0.0418. The first-order chi connectivity index (χ1) is 31.0. The highest BCUT2D eigenvalue weighted by molar-refractivity contribution is 5.77. The van der Waals surface area contributed by atoms with E-state index < -0.39 is 18.2 Å². The van der Waals surface area contributed by atoms with Crippen molar-refractivity contribution in [3.63, 3.8) is 0 Å². The number of nitrogens with one attached hydrogen (secondary N) is 1. The zero-order chi connectivity index (χ0) is 45.9. The van der Waals surface area contributed by atoms with E-state index in [2.05, 4.69) is 26.1 Å². The van der Waals surface area contributed by atoms with Crippen molar-refractivity contribution in [3.05, 3.63) is 0 Å². The molecular weight excluding hydrogens is 779 g/mol. The average Bonchev–Trinajstić information content (AvgIpc) is 3.28. The summed E-state index contributed by atoms with van der Waals surface area (Å²) in [5, 5.41) is 23.9. The lowest BCUT2D eigenvalue weighted by Gasteiger charge is -2.24. The number of carbonyl (C=O) groups is 2. The summed E-state index contributed by atoms with van der Waals surface area (Å²) in [7, 11) is 0. The number of unbranched alkanes of at least 4 members (excludes halogenated alkanes) is 41. The zero-order valence-corrected chi connectivity index (χ0v) is 43.0. The zero-order valence-electron chi connectivity index (χ0n) is 43.0. The van der Waals surface area contributed by atoms with E-state index in [9.17, 15) is 19.8 Å². The standard InChI is InChI=1S/C57H113NO5/c1-4-7-10-13-16-19-22-25-28-29-30-33-36-39-42-45-48-53(63-57(62)50-47-44-41-38-35-32-27-24-21-18-15-12-9-6-3)51-56(61)58-54(52-59)55(60)49-46-43-40-37-34-31-26-23-20-17-14-11-8-5-2/h53-55,59-60H,4-52H2,1-3H3,(H,58,61). The normalized spacial score (nSPS) is 13.0. The second-order valence-corrected chi connectivity index (χ2v) is 20.1. The third-order valence-corrected chi connectivity index (χ3v) is 13.7. The van der Waals surface area contributed by atoms with Gasteiger partial charge in [-0.2, -0.15) is 0 Å². The molecule has 0 fully saturated rings. The molecular formula is C57H113NO5. The van der Waals surface area contributed by atoms with Gasteiger partial charge in [0, 0.05) is 6.42 Å². The van der Waals surface area contributed by atoms with Gasteiger partial charge in [-0.3, -0.25) is 9.59 Å². The van der Waals surface area contributed by atoms with Gasteiger partial charge >= 0.3 is 5.97 Å². The lowest BCUT2D eigenvalue weighted by molar-refractivity contribution is -0.151. The third-order valence-electron chi connectivity index (χ3n) is 13.7. The third kappa shape index (κ3) is 47.2. The van der Waals surface area contributed by atoms with E-state index in [1.54, 1.807) is 0 Å². The molecule has 3 N–H and O–H groups in total. The lowest BCUT2D eigenvalue weighted by Crippen LogP contribution is -2.46. The van der Waals surface area contributed by atoms with Gasteiger partial charge in [0.15, 0.2) is 0 Å². The highest BCUT2D eigenvalue weighted by Gasteiger charge is 2.24. The van der Waals surface area contributed by atoms with Gasteiger partial charge in [0.25, 0.3) is 0 Å². The number of aliphatic hydroxyl groups is 2. The van der Waals surface area contributed by atoms with Crippen molar-refractivity contribution >= 4 is 11.9 Å². The van der Waals surface area contributed by atoms with E-state index in [1.165, 1.54) is 244 Å². The number of hydrogen-bond acceptors (Lipinski definition) is 5. The van der Waals surface area contributed by atoms with Gasteiger partial charge in [-0.05, 0) is 25.7 Å². The van der Waals surface area contributed by atoms with Crippen LogP contribution in [0, 0.1) is 0 Å². The van der Waals surface area contributed by atoms with Gasteiger partial charge in [-0.15, -0.1) is 0 Å². The molecule has 0 saturated carbocycles. The largest absolute Gasteiger partial charge is 0.462 e. The van der Waals surface area contributed by atoms with Crippen LogP contribution in [0.1, 0.15) is 329 Å². The molecule has 1 amide bonds. The van der Waals surface area contributed by atoms with Gasteiger partial charge < -0.3 is 20.3 Å². The topological polar surface area (TPSA) is 95.9 Å². The van der Waals surface area contributed by atoms with Crippen LogP contribution in [0.4, 0.5) is 0 Å². The molecule has 0 aromatic heterocycles. The highest BCUT2D eigenvalue weighted by Crippen LogP contribution is 2.19. The molecule has 3 unspecified atom stereocenters. The predicted octanol–water partition coefficient (Wildman–Crippen LogP) is 17.5. The van der Waals surface area contributed by atoms with Crippen molar-refractivity contribution in [1.29, 1.82) is 0 Å². The van der Waals surface area contributed by atoms with E-state index >= 15 is 0 Å². The van der Waals surface area contributed by atoms with E-state index in [1.807, 2.05) is 0 Å². The summed E-state index contributed by atoms with van der Waals surface area (Å²) in [5.41, 5.74) is 0. The Morgan fingerprint density at radius 2 is 0.667 bits per heavy atom. The minimum atomic E-state index is -0.780. The van der Waals surface area contributed by atoms with Crippen molar-refractivity contribution in [2.24, 2.45) is 0 Å². The first-order valence-electron chi connectivity index (χ1n) is 28.8. The van der Waals surface area contributed by atoms with Crippen LogP contribution < -0.4 is 5.32 Å². The molecule has 6 nitrogen and oxygen atoms in total. The summed E-state index contributed by atoms with van der Waals surface area (Å²) < 4.78 is 5.97. The molecule has 0 radical (unpaired) electrons. The minimum absolute atomic E-state index is 0.0886. The fourth-order valence-corrected chi connectivity index (χ4v) is 9.32. The number of ether oxygens (including phenoxy) is 1. The van der Waals surface area contributed by atoms with Gasteiger partial charge in [0.1, 0.15) is 6.10 Å². The molecule has 3 atom stereocenters. The molecule has 0 aliphatic rings. The van der Waals surface area contributed by atoms with E-state index in [-0.39, 0.29) is 24.9 Å². The number of hydrogen-bond donors (Lipinski definition) is 3. The van der Waals surface area contributed by atoms with Crippen LogP contribution in [-0.2, 0) is 14.3 Å². The molecule has 0 heterocycles. The van der Waals surface area contributed by atoms with Crippen molar-refractivity contribution < 1.29 is 24.5 Å². The SMILES string of the molecule is CCCCCCCCCCCCCCCCCCC(CC(=O)NC(CO)C(O)CCCCCCCCCCCCCCCC)OC(=O)CCCCCCCCCCCCCCCC. The molecule has 63 heavy (non-hydrogen) atoms. The monoisotopic (exact) mass is 892 g/mol. The van der Waals surface area contributed by atoms with Crippen molar-refractivity contribution in [2.45, 2.75) is 347 Å². The van der Waals surface area contributed by atoms with Crippen LogP contribution in [0.5, 0.6) is 0 Å². The fourth-order valence-electron chi connectivity index (χ4n) is 9.32. The van der Waals surface area contributed by atoms with Gasteiger partial charge in [0.05, 0.1) is 25.2 Å².